The van der Waals surface area contributed by atoms with Gasteiger partial charge < -0.3 is 15.6 Å². The van der Waals surface area contributed by atoms with E-state index in [-0.39, 0.29) is 5.91 Å². The lowest BCUT2D eigenvalue weighted by molar-refractivity contribution is 0.101. The first-order valence-electron chi connectivity index (χ1n) is 5.37. The summed E-state index contributed by atoms with van der Waals surface area (Å²) in [5, 5.41) is 2.87. The van der Waals surface area contributed by atoms with Crippen molar-refractivity contribution >= 4 is 17.3 Å². The van der Waals surface area contributed by atoms with Gasteiger partial charge in [0.1, 0.15) is 5.69 Å². The summed E-state index contributed by atoms with van der Waals surface area (Å²) in [4.78, 5) is 12.0. The Morgan fingerprint density at radius 2 is 2.06 bits per heavy atom. The van der Waals surface area contributed by atoms with Crippen molar-refractivity contribution in [3.63, 3.8) is 0 Å². The van der Waals surface area contributed by atoms with Crippen molar-refractivity contribution in [3.05, 3.63) is 47.8 Å². The number of carbonyl (C=O) groups excluding carboxylic acids is 1. The second kappa shape index (κ2) is 4.33. The van der Waals surface area contributed by atoms with Crippen LogP contribution in [-0.2, 0) is 7.05 Å². The van der Waals surface area contributed by atoms with E-state index in [1.165, 1.54) is 0 Å². The van der Waals surface area contributed by atoms with E-state index in [1.54, 1.807) is 23.9 Å². The molecule has 1 heterocycles. The van der Waals surface area contributed by atoms with E-state index < -0.39 is 0 Å². The monoisotopic (exact) mass is 229 g/mol. The van der Waals surface area contributed by atoms with Crippen LogP contribution in [0.1, 0.15) is 16.1 Å². The molecule has 3 N–H and O–H groups in total. The van der Waals surface area contributed by atoms with Crippen molar-refractivity contribution in [3.8, 4) is 0 Å². The lowest BCUT2D eigenvalue weighted by atomic mass is 10.2. The van der Waals surface area contributed by atoms with E-state index in [0.717, 1.165) is 11.3 Å². The van der Waals surface area contributed by atoms with Crippen molar-refractivity contribution in [1.82, 2.24) is 4.57 Å². The predicted molar refractivity (Wildman–Crippen MR) is 69.0 cm³/mol. The zero-order valence-electron chi connectivity index (χ0n) is 9.90. The molecule has 0 unspecified atom stereocenters. The molecular formula is C13H15N3O. The van der Waals surface area contributed by atoms with Crippen LogP contribution in [0.5, 0.6) is 0 Å². The number of hydrogen-bond acceptors (Lipinski definition) is 2. The third-order valence-electron chi connectivity index (χ3n) is 2.65. The molecular weight excluding hydrogens is 214 g/mol. The molecule has 0 atom stereocenters. The average Bonchev–Trinajstić information content (AvgIpc) is 2.61. The number of para-hydroxylation sites is 1. The molecule has 0 aliphatic heterocycles. The molecule has 4 heteroatoms. The van der Waals surface area contributed by atoms with Crippen LogP contribution in [0.2, 0.25) is 0 Å². The second-order valence-electron chi connectivity index (χ2n) is 4.04. The van der Waals surface area contributed by atoms with Crippen LogP contribution >= 0.6 is 0 Å². The maximum Gasteiger partial charge on any atom is 0.272 e. The normalized spacial score (nSPS) is 10.2. The molecule has 1 aromatic heterocycles. The number of amides is 1. The van der Waals surface area contributed by atoms with Crippen molar-refractivity contribution in [1.29, 1.82) is 0 Å². The number of hydrogen-bond donors (Lipinski definition) is 2. The van der Waals surface area contributed by atoms with E-state index in [0.29, 0.717) is 11.4 Å². The third-order valence-corrected chi connectivity index (χ3v) is 2.65. The summed E-state index contributed by atoms with van der Waals surface area (Å²) in [6, 6.07) is 9.32. The molecule has 88 valence electrons. The highest BCUT2D eigenvalue weighted by molar-refractivity contribution is 6.04. The largest absolute Gasteiger partial charge is 0.397 e. The minimum atomic E-state index is -0.154. The van der Waals surface area contributed by atoms with Gasteiger partial charge in [0.05, 0.1) is 5.69 Å². The maximum atomic E-state index is 12.0. The van der Waals surface area contributed by atoms with Crippen LogP contribution in [0.3, 0.4) is 0 Å². The summed E-state index contributed by atoms with van der Waals surface area (Å²) in [6.07, 6.45) is 1.72. The number of nitrogen functional groups attached to an aromatic ring is 1. The van der Waals surface area contributed by atoms with E-state index in [1.807, 2.05) is 31.2 Å². The molecule has 0 bridgehead atoms. The van der Waals surface area contributed by atoms with Crippen molar-refractivity contribution in [2.24, 2.45) is 7.05 Å². The maximum absolute atomic E-state index is 12.0. The van der Waals surface area contributed by atoms with Gasteiger partial charge >= 0.3 is 0 Å². The van der Waals surface area contributed by atoms with Gasteiger partial charge in [0.15, 0.2) is 0 Å². The van der Waals surface area contributed by atoms with Gasteiger partial charge in [-0.15, -0.1) is 0 Å². The Balaban J connectivity index is 2.23. The fourth-order valence-electron chi connectivity index (χ4n) is 1.72. The highest BCUT2D eigenvalue weighted by atomic mass is 16.1. The molecule has 1 amide bonds. The van der Waals surface area contributed by atoms with E-state index in [4.69, 9.17) is 5.73 Å². The van der Waals surface area contributed by atoms with Gasteiger partial charge in [0, 0.05) is 18.9 Å². The lowest BCUT2D eigenvalue weighted by Crippen LogP contribution is -2.15. The van der Waals surface area contributed by atoms with Crippen LogP contribution in [0.15, 0.2) is 36.5 Å². The molecule has 0 saturated carbocycles. The predicted octanol–water partition coefficient (Wildman–Crippen LogP) is 2.17. The summed E-state index contributed by atoms with van der Waals surface area (Å²) < 4.78 is 1.71. The zero-order chi connectivity index (χ0) is 12.4. The number of rotatable bonds is 2. The Hall–Kier alpha value is -2.23. The molecule has 0 aliphatic carbocycles. The third kappa shape index (κ3) is 2.30. The van der Waals surface area contributed by atoms with Gasteiger partial charge in [-0.05, 0) is 24.6 Å². The molecule has 0 saturated heterocycles. The first-order chi connectivity index (χ1) is 8.08. The van der Waals surface area contributed by atoms with Gasteiger partial charge in [0.2, 0.25) is 0 Å². The second-order valence-corrected chi connectivity index (χ2v) is 4.04. The SMILES string of the molecule is Cc1ccccc1NC(=O)c1cc(N)cn1C. The minimum absolute atomic E-state index is 0.154. The summed E-state index contributed by atoms with van der Waals surface area (Å²) in [6.45, 7) is 1.95. The number of aromatic nitrogens is 1. The van der Waals surface area contributed by atoms with Gasteiger partial charge in [0.25, 0.3) is 5.91 Å². The molecule has 1 aromatic carbocycles. The molecule has 0 aliphatic rings. The summed E-state index contributed by atoms with van der Waals surface area (Å²) >= 11 is 0. The number of carbonyl (C=O) groups is 1. The van der Waals surface area contributed by atoms with Crippen molar-refractivity contribution < 1.29 is 4.79 Å². The fraction of sp³-hybridized carbons (Fsp3) is 0.154. The highest BCUT2D eigenvalue weighted by Gasteiger charge is 2.11. The Morgan fingerprint density at radius 3 is 2.65 bits per heavy atom. The lowest BCUT2D eigenvalue weighted by Gasteiger charge is -2.08. The van der Waals surface area contributed by atoms with Gasteiger partial charge in [-0.1, -0.05) is 18.2 Å². The minimum Gasteiger partial charge on any atom is -0.397 e. The highest BCUT2D eigenvalue weighted by Crippen LogP contribution is 2.16. The molecule has 0 radical (unpaired) electrons. The van der Waals surface area contributed by atoms with Gasteiger partial charge in [-0.3, -0.25) is 4.79 Å². The van der Waals surface area contributed by atoms with Gasteiger partial charge in [-0.2, -0.15) is 0 Å². The quantitative estimate of drug-likeness (QED) is 0.829. The molecule has 0 spiro atoms. The number of nitrogens with two attached hydrogens (primary N) is 1. The van der Waals surface area contributed by atoms with Crippen LogP contribution in [0, 0.1) is 6.92 Å². The van der Waals surface area contributed by atoms with Crippen LogP contribution in [0.4, 0.5) is 11.4 Å². The first-order valence-corrected chi connectivity index (χ1v) is 5.37. The Bertz CT molecular complexity index is 558. The van der Waals surface area contributed by atoms with E-state index in [9.17, 15) is 4.79 Å². The molecule has 0 fully saturated rings. The van der Waals surface area contributed by atoms with Crippen molar-refractivity contribution in [2.75, 3.05) is 11.1 Å². The first kappa shape index (κ1) is 11.3. The smallest absolute Gasteiger partial charge is 0.272 e. The Kier molecular flexibility index (Phi) is 2.87. The number of aryl methyl sites for hydroxylation is 2. The summed E-state index contributed by atoms with van der Waals surface area (Å²) in [5.41, 5.74) is 8.62. The zero-order valence-corrected chi connectivity index (χ0v) is 9.90. The number of nitrogens with one attached hydrogen (secondary N) is 1. The van der Waals surface area contributed by atoms with Crippen molar-refractivity contribution in [2.45, 2.75) is 6.92 Å². The summed E-state index contributed by atoms with van der Waals surface area (Å²) in [7, 11) is 1.79. The van der Waals surface area contributed by atoms with E-state index >= 15 is 0 Å². The molecule has 4 nitrogen and oxygen atoms in total. The fourth-order valence-corrected chi connectivity index (χ4v) is 1.72. The Labute approximate surface area is 100 Å². The number of anilines is 2. The summed E-state index contributed by atoms with van der Waals surface area (Å²) in [5.74, 6) is -0.154. The molecule has 2 aromatic rings. The van der Waals surface area contributed by atoms with Crippen LogP contribution in [-0.4, -0.2) is 10.5 Å². The van der Waals surface area contributed by atoms with Crippen LogP contribution < -0.4 is 11.1 Å². The standard InChI is InChI=1S/C13H15N3O/c1-9-5-3-4-6-11(9)15-13(17)12-7-10(14)8-16(12)2/h3-8H,14H2,1-2H3,(H,15,17). The number of nitrogens with zero attached hydrogens (tertiary/aromatic N) is 1. The molecule has 17 heavy (non-hydrogen) atoms. The number of benzene rings is 1. The Morgan fingerprint density at radius 1 is 1.35 bits per heavy atom. The van der Waals surface area contributed by atoms with E-state index in [2.05, 4.69) is 5.32 Å². The molecule has 2 rings (SSSR count). The average molecular weight is 229 g/mol. The van der Waals surface area contributed by atoms with Crippen LogP contribution in [0.25, 0.3) is 0 Å². The topological polar surface area (TPSA) is 60.1 Å². The van der Waals surface area contributed by atoms with Gasteiger partial charge in [-0.25, -0.2) is 0 Å².